The maximum Gasteiger partial charge on any atom is 0.139 e. The Kier molecular flexibility index (Phi) is 4.53. The van der Waals surface area contributed by atoms with Crippen LogP contribution in [-0.2, 0) is 0 Å². The summed E-state index contributed by atoms with van der Waals surface area (Å²) in [6, 6.07) is 12.0. The van der Waals surface area contributed by atoms with Crippen LogP contribution in [0.5, 0.6) is 5.75 Å². The number of benzene rings is 2. The first-order chi connectivity index (χ1) is 11.7. The standard InChI is InChI=1S/C18H16Cl2N2OS/c19-14-2-1-3-16(18(14)20)23-13-6-8-22(9-7-13)12-4-5-15-17(10-12)24-11-21-15/h1-5,10-11,13H,6-9H2. The molecular weight excluding hydrogens is 363 g/mol. The zero-order valence-corrected chi connectivity index (χ0v) is 15.2. The van der Waals surface area contributed by atoms with Gasteiger partial charge in [0.1, 0.15) is 16.9 Å². The van der Waals surface area contributed by atoms with E-state index in [2.05, 4.69) is 28.1 Å². The average molecular weight is 379 g/mol. The van der Waals surface area contributed by atoms with Gasteiger partial charge < -0.3 is 9.64 Å². The molecule has 2 aromatic carbocycles. The molecule has 2 heterocycles. The van der Waals surface area contributed by atoms with Crippen molar-refractivity contribution in [1.82, 2.24) is 4.98 Å². The van der Waals surface area contributed by atoms with Crippen molar-refractivity contribution in [2.75, 3.05) is 18.0 Å². The minimum atomic E-state index is 0.171. The van der Waals surface area contributed by atoms with Crippen LogP contribution in [0.1, 0.15) is 12.8 Å². The average Bonchev–Trinajstić information content (AvgIpc) is 3.07. The Morgan fingerprint density at radius 2 is 1.96 bits per heavy atom. The lowest BCUT2D eigenvalue weighted by atomic mass is 10.1. The van der Waals surface area contributed by atoms with Gasteiger partial charge in [0.15, 0.2) is 0 Å². The van der Waals surface area contributed by atoms with E-state index < -0.39 is 0 Å². The van der Waals surface area contributed by atoms with Crippen molar-refractivity contribution in [1.29, 1.82) is 0 Å². The molecule has 1 aliphatic rings. The van der Waals surface area contributed by atoms with E-state index in [0.29, 0.717) is 15.8 Å². The SMILES string of the molecule is Clc1cccc(OC2CCN(c3ccc4ncsc4c3)CC2)c1Cl. The van der Waals surface area contributed by atoms with Gasteiger partial charge in [0, 0.05) is 31.6 Å². The predicted octanol–water partition coefficient (Wildman–Crippen LogP) is 5.65. The highest BCUT2D eigenvalue weighted by atomic mass is 35.5. The van der Waals surface area contributed by atoms with Crippen LogP contribution in [0.15, 0.2) is 41.9 Å². The van der Waals surface area contributed by atoms with Crippen molar-refractivity contribution in [2.45, 2.75) is 18.9 Å². The molecule has 0 bridgehead atoms. The second kappa shape index (κ2) is 6.79. The van der Waals surface area contributed by atoms with Crippen molar-refractivity contribution in [3.8, 4) is 5.75 Å². The van der Waals surface area contributed by atoms with Crippen LogP contribution in [0.4, 0.5) is 5.69 Å². The van der Waals surface area contributed by atoms with E-state index in [1.165, 1.54) is 10.4 Å². The third-order valence-electron chi connectivity index (χ3n) is 4.33. The lowest BCUT2D eigenvalue weighted by Crippen LogP contribution is -2.38. The van der Waals surface area contributed by atoms with E-state index in [1.54, 1.807) is 17.4 Å². The molecule has 3 nitrogen and oxygen atoms in total. The Hall–Kier alpha value is -1.49. The molecule has 0 N–H and O–H groups in total. The summed E-state index contributed by atoms with van der Waals surface area (Å²) in [6.07, 6.45) is 2.09. The summed E-state index contributed by atoms with van der Waals surface area (Å²) in [5.41, 5.74) is 4.21. The summed E-state index contributed by atoms with van der Waals surface area (Å²) in [7, 11) is 0. The Labute approximate surface area is 154 Å². The zero-order chi connectivity index (χ0) is 16.5. The molecule has 0 spiro atoms. The third kappa shape index (κ3) is 3.18. The van der Waals surface area contributed by atoms with E-state index in [-0.39, 0.29) is 6.10 Å². The first-order valence-corrected chi connectivity index (χ1v) is 9.53. The smallest absolute Gasteiger partial charge is 0.139 e. The Morgan fingerprint density at radius 3 is 2.79 bits per heavy atom. The summed E-state index contributed by atoms with van der Waals surface area (Å²) in [5.74, 6) is 0.675. The molecule has 1 saturated heterocycles. The molecule has 124 valence electrons. The van der Waals surface area contributed by atoms with Gasteiger partial charge in [0.25, 0.3) is 0 Å². The number of anilines is 1. The Balaban J connectivity index is 1.42. The van der Waals surface area contributed by atoms with Crippen molar-refractivity contribution < 1.29 is 4.74 Å². The number of aromatic nitrogens is 1. The molecule has 1 fully saturated rings. The van der Waals surface area contributed by atoms with Crippen LogP contribution < -0.4 is 9.64 Å². The normalized spacial score (nSPS) is 15.8. The van der Waals surface area contributed by atoms with Crippen molar-refractivity contribution >= 4 is 50.4 Å². The van der Waals surface area contributed by atoms with E-state index in [9.17, 15) is 0 Å². The lowest BCUT2D eigenvalue weighted by Gasteiger charge is -2.34. The van der Waals surface area contributed by atoms with E-state index in [4.69, 9.17) is 27.9 Å². The van der Waals surface area contributed by atoms with E-state index in [1.807, 2.05) is 17.6 Å². The molecule has 4 rings (SSSR count). The highest BCUT2D eigenvalue weighted by molar-refractivity contribution is 7.16. The number of nitrogens with zero attached hydrogens (tertiary/aromatic N) is 2. The van der Waals surface area contributed by atoms with Crippen molar-refractivity contribution in [3.05, 3.63) is 52.0 Å². The molecule has 0 radical (unpaired) electrons. The van der Waals surface area contributed by atoms with Gasteiger partial charge in [-0.15, -0.1) is 11.3 Å². The molecule has 1 aromatic heterocycles. The molecule has 24 heavy (non-hydrogen) atoms. The number of hydrogen-bond donors (Lipinski definition) is 0. The topological polar surface area (TPSA) is 25.4 Å². The van der Waals surface area contributed by atoms with E-state index in [0.717, 1.165) is 31.4 Å². The summed E-state index contributed by atoms with van der Waals surface area (Å²) in [5, 5.41) is 1.03. The van der Waals surface area contributed by atoms with Gasteiger partial charge in [0.05, 0.1) is 20.7 Å². The Morgan fingerprint density at radius 1 is 1.12 bits per heavy atom. The van der Waals surface area contributed by atoms with Gasteiger partial charge in [-0.3, -0.25) is 0 Å². The first kappa shape index (κ1) is 16.0. The third-order valence-corrected chi connectivity index (χ3v) is 5.93. The number of thiazole rings is 1. The van der Waals surface area contributed by atoms with Gasteiger partial charge in [-0.25, -0.2) is 4.98 Å². The van der Waals surface area contributed by atoms with Crippen LogP contribution in [0.2, 0.25) is 10.0 Å². The van der Waals surface area contributed by atoms with Crippen LogP contribution >= 0.6 is 34.5 Å². The summed E-state index contributed by atoms with van der Waals surface area (Å²) in [4.78, 5) is 6.74. The van der Waals surface area contributed by atoms with Crippen LogP contribution in [0.3, 0.4) is 0 Å². The zero-order valence-electron chi connectivity index (χ0n) is 12.9. The maximum absolute atomic E-state index is 6.21. The number of halogens is 2. The predicted molar refractivity (Wildman–Crippen MR) is 102 cm³/mol. The fourth-order valence-electron chi connectivity index (χ4n) is 3.03. The highest BCUT2D eigenvalue weighted by Gasteiger charge is 2.22. The van der Waals surface area contributed by atoms with Crippen LogP contribution in [-0.4, -0.2) is 24.2 Å². The van der Waals surface area contributed by atoms with Gasteiger partial charge in [-0.05, 0) is 30.3 Å². The quantitative estimate of drug-likeness (QED) is 0.588. The van der Waals surface area contributed by atoms with Gasteiger partial charge in [0.2, 0.25) is 0 Å². The molecular formula is C18H16Cl2N2OS. The molecule has 0 amide bonds. The van der Waals surface area contributed by atoms with E-state index >= 15 is 0 Å². The molecule has 6 heteroatoms. The second-order valence-electron chi connectivity index (χ2n) is 5.86. The highest BCUT2D eigenvalue weighted by Crippen LogP contribution is 2.34. The first-order valence-electron chi connectivity index (χ1n) is 7.89. The maximum atomic E-state index is 6.21. The molecule has 3 aromatic rings. The molecule has 1 aliphatic heterocycles. The molecule has 0 aliphatic carbocycles. The minimum absolute atomic E-state index is 0.171. The molecule has 0 atom stereocenters. The lowest BCUT2D eigenvalue weighted by molar-refractivity contribution is 0.171. The summed E-state index contributed by atoms with van der Waals surface area (Å²) < 4.78 is 7.29. The Bertz CT molecular complexity index is 859. The second-order valence-corrected chi connectivity index (χ2v) is 7.53. The number of rotatable bonds is 3. The van der Waals surface area contributed by atoms with Crippen molar-refractivity contribution in [2.24, 2.45) is 0 Å². The van der Waals surface area contributed by atoms with Crippen LogP contribution in [0, 0.1) is 0 Å². The molecule has 0 unspecified atom stereocenters. The van der Waals surface area contributed by atoms with Crippen LogP contribution in [0.25, 0.3) is 10.2 Å². The number of piperidine rings is 1. The van der Waals surface area contributed by atoms with Crippen molar-refractivity contribution in [3.63, 3.8) is 0 Å². The number of hydrogen-bond acceptors (Lipinski definition) is 4. The number of ether oxygens (including phenoxy) is 1. The fourth-order valence-corrected chi connectivity index (χ4v) is 4.07. The van der Waals surface area contributed by atoms with Gasteiger partial charge in [-0.2, -0.15) is 0 Å². The summed E-state index contributed by atoms with van der Waals surface area (Å²) in [6.45, 7) is 1.93. The number of fused-ring (bicyclic) bond motifs is 1. The fraction of sp³-hybridized carbons (Fsp3) is 0.278. The van der Waals surface area contributed by atoms with Gasteiger partial charge >= 0.3 is 0 Å². The van der Waals surface area contributed by atoms with Gasteiger partial charge in [-0.1, -0.05) is 29.3 Å². The molecule has 0 saturated carbocycles. The minimum Gasteiger partial charge on any atom is -0.489 e. The largest absolute Gasteiger partial charge is 0.489 e. The summed E-state index contributed by atoms with van der Waals surface area (Å²) >= 11 is 13.9. The monoisotopic (exact) mass is 378 g/mol.